The Bertz CT molecular complexity index is 1060. The van der Waals surface area contributed by atoms with Crippen LogP contribution in [-0.2, 0) is 9.53 Å². The van der Waals surface area contributed by atoms with Gasteiger partial charge in [0, 0.05) is 17.3 Å². The van der Waals surface area contributed by atoms with Crippen molar-refractivity contribution in [1.82, 2.24) is 15.6 Å². The lowest BCUT2D eigenvalue weighted by Gasteiger charge is -2.40. The number of ether oxygens (including phenoxy) is 1. The van der Waals surface area contributed by atoms with E-state index in [1.54, 1.807) is 18.2 Å². The second kappa shape index (κ2) is 9.11. The van der Waals surface area contributed by atoms with E-state index in [1.165, 1.54) is 17.2 Å². The Morgan fingerprint density at radius 2 is 2.06 bits per heavy atom. The van der Waals surface area contributed by atoms with E-state index < -0.39 is 36.5 Å². The fourth-order valence-electron chi connectivity index (χ4n) is 4.22. The molecule has 0 aliphatic carbocycles. The summed E-state index contributed by atoms with van der Waals surface area (Å²) in [4.78, 5) is 18.3. The molecule has 0 unspecified atom stereocenters. The van der Waals surface area contributed by atoms with E-state index >= 15 is 0 Å². The number of alkyl halides is 4. The number of carbonyl (C=O) groups is 1. The number of nitrogens with one attached hydrogen (secondary N) is 2. The highest BCUT2D eigenvalue weighted by atomic mass is 19.4. The number of hydrogen-bond acceptors (Lipinski definition) is 6. The van der Waals surface area contributed by atoms with E-state index in [1.807, 2.05) is 6.07 Å². The normalized spacial score (nSPS) is 23.2. The summed E-state index contributed by atoms with van der Waals surface area (Å²) in [6.45, 7) is -0.0309. The second-order valence-corrected chi connectivity index (χ2v) is 8.32. The number of morpholine rings is 1. The van der Waals surface area contributed by atoms with E-state index in [0.29, 0.717) is 35.2 Å². The number of pyridine rings is 1. The zero-order valence-electron chi connectivity index (χ0n) is 17.7. The Morgan fingerprint density at radius 3 is 2.76 bits per heavy atom. The van der Waals surface area contributed by atoms with Crippen LogP contribution in [-0.4, -0.2) is 67.7 Å². The highest BCUT2D eigenvalue weighted by molar-refractivity contribution is 5.95. The molecule has 2 saturated heterocycles. The summed E-state index contributed by atoms with van der Waals surface area (Å²) in [5.74, 6) is -0.791. The largest absolute Gasteiger partial charge is 0.416 e. The fourth-order valence-corrected chi connectivity index (χ4v) is 4.22. The van der Waals surface area contributed by atoms with Crippen molar-refractivity contribution >= 4 is 22.5 Å². The maximum Gasteiger partial charge on any atom is 0.416 e. The summed E-state index contributed by atoms with van der Waals surface area (Å²) in [6, 6.07) is 8.34. The van der Waals surface area contributed by atoms with Crippen molar-refractivity contribution in [2.75, 3.05) is 37.6 Å². The fraction of sp³-hybridized carbons (Fsp3) is 0.500. The average molecular weight is 465 g/mol. The van der Waals surface area contributed by atoms with Crippen LogP contribution in [0.25, 0.3) is 10.9 Å². The van der Waals surface area contributed by atoms with Crippen LogP contribution in [0.2, 0.25) is 0 Å². The molecule has 1 amide bonds. The molecule has 176 valence electrons. The van der Waals surface area contributed by atoms with Crippen molar-refractivity contribution in [2.45, 2.75) is 36.9 Å². The van der Waals surface area contributed by atoms with Crippen LogP contribution < -0.4 is 15.5 Å². The number of rotatable bonds is 4. The van der Waals surface area contributed by atoms with Crippen LogP contribution in [0.15, 0.2) is 30.5 Å². The summed E-state index contributed by atoms with van der Waals surface area (Å²) in [5, 5.41) is 15.3. The van der Waals surface area contributed by atoms with Gasteiger partial charge in [-0.05, 0) is 50.2 Å². The molecule has 11 heteroatoms. The highest BCUT2D eigenvalue weighted by Crippen LogP contribution is 2.34. The predicted molar refractivity (Wildman–Crippen MR) is 112 cm³/mol. The Morgan fingerprint density at radius 1 is 1.30 bits per heavy atom. The van der Waals surface area contributed by atoms with Crippen molar-refractivity contribution in [3.63, 3.8) is 0 Å². The molecule has 2 aromatic rings. The van der Waals surface area contributed by atoms with Crippen molar-refractivity contribution in [3.05, 3.63) is 36.0 Å². The van der Waals surface area contributed by atoms with Gasteiger partial charge in [0.15, 0.2) is 12.2 Å². The van der Waals surface area contributed by atoms with Gasteiger partial charge in [0.05, 0.1) is 30.7 Å². The number of anilines is 1. The van der Waals surface area contributed by atoms with Gasteiger partial charge >= 0.3 is 6.18 Å². The van der Waals surface area contributed by atoms with Crippen LogP contribution >= 0.6 is 0 Å². The molecule has 2 aliphatic rings. The topological polar surface area (TPSA) is 90.3 Å². The highest BCUT2D eigenvalue weighted by Gasteiger charge is 2.48. The molecule has 0 saturated carbocycles. The Balaban J connectivity index is 1.59. The van der Waals surface area contributed by atoms with Gasteiger partial charge in [-0.15, -0.1) is 0 Å². The minimum absolute atomic E-state index is 0.158. The lowest BCUT2D eigenvalue weighted by Crippen LogP contribution is -2.58. The minimum atomic E-state index is -4.70. The predicted octanol–water partition coefficient (Wildman–Crippen LogP) is 2.45. The molecule has 2 fully saturated rings. The third-order valence-corrected chi connectivity index (χ3v) is 6.05. The molecule has 2 N–H and O–H groups in total. The number of hydrogen-bond donors (Lipinski definition) is 2. The van der Waals surface area contributed by atoms with Crippen molar-refractivity contribution < 1.29 is 27.1 Å². The molecule has 0 radical (unpaired) electrons. The summed E-state index contributed by atoms with van der Waals surface area (Å²) < 4.78 is 60.8. The average Bonchev–Trinajstić information content (AvgIpc) is 2.81. The van der Waals surface area contributed by atoms with Gasteiger partial charge in [-0.25, -0.2) is 4.39 Å². The SMILES string of the molecule is N#Cc1ccc(N2C[C@@H](C(F)(F)F)O[C@@H](C(=O)NCC3(F)CCNCC3)C2)c2cccnc12. The molecule has 4 rings (SSSR count). The standard InChI is InChI=1S/C22H23F4N5O2/c23-21(5-8-28-9-6-21)13-30-20(32)17-11-31(12-18(33-17)22(24,25)26)16-4-3-14(10-27)19-15(16)2-1-7-29-19/h1-4,7,17-18,28H,5-6,8-9,11-13H2,(H,30,32)/t17-,18+/m1/s1. The monoisotopic (exact) mass is 465 g/mol. The molecule has 1 aromatic heterocycles. The molecular weight excluding hydrogens is 442 g/mol. The first kappa shape index (κ1) is 23.2. The first-order valence-corrected chi connectivity index (χ1v) is 10.6. The number of halogens is 4. The van der Waals surface area contributed by atoms with E-state index in [-0.39, 0.29) is 25.9 Å². The van der Waals surface area contributed by atoms with Crippen LogP contribution in [0.1, 0.15) is 18.4 Å². The number of piperidine rings is 1. The maximum absolute atomic E-state index is 14.8. The van der Waals surface area contributed by atoms with E-state index in [2.05, 4.69) is 15.6 Å². The minimum Gasteiger partial charge on any atom is -0.365 e. The zero-order chi connectivity index (χ0) is 23.6. The van der Waals surface area contributed by atoms with E-state index in [9.17, 15) is 27.6 Å². The lowest BCUT2D eigenvalue weighted by molar-refractivity contribution is -0.234. The molecule has 2 atom stereocenters. The molecule has 2 aliphatic heterocycles. The number of nitriles is 1. The molecule has 3 heterocycles. The number of aromatic nitrogens is 1. The van der Waals surface area contributed by atoms with Gasteiger partial charge in [-0.2, -0.15) is 18.4 Å². The van der Waals surface area contributed by atoms with E-state index in [4.69, 9.17) is 4.74 Å². The van der Waals surface area contributed by atoms with Crippen molar-refractivity contribution in [1.29, 1.82) is 5.26 Å². The van der Waals surface area contributed by atoms with Gasteiger partial charge in [-0.1, -0.05) is 0 Å². The number of amides is 1. The summed E-state index contributed by atoms with van der Waals surface area (Å²) in [5.41, 5.74) is -0.542. The van der Waals surface area contributed by atoms with Gasteiger partial charge in [-0.3, -0.25) is 9.78 Å². The molecule has 0 bridgehead atoms. The van der Waals surface area contributed by atoms with Crippen LogP contribution in [0.3, 0.4) is 0 Å². The first-order valence-electron chi connectivity index (χ1n) is 10.6. The van der Waals surface area contributed by atoms with Gasteiger partial charge < -0.3 is 20.3 Å². The third-order valence-electron chi connectivity index (χ3n) is 6.05. The molecule has 1 aromatic carbocycles. The van der Waals surface area contributed by atoms with Crippen LogP contribution in [0.4, 0.5) is 23.2 Å². The Hall–Kier alpha value is -2.97. The van der Waals surface area contributed by atoms with Gasteiger partial charge in [0.1, 0.15) is 11.7 Å². The third kappa shape index (κ3) is 5.02. The number of carbonyl (C=O) groups excluding carboxylic acids is 1. The summed E-state index contributed by atoms with van der Waals surface area (Å²) >= 11 is 0. The van der Waals surface area contributed by atoms with E-state index in [0.717, 1.165) is 0 Å². The van der Waals surface area contributed by atoms with Crippen molar-refractivity contribution in [3.8, 4) is 6.07 Å². The molecular formula is C22H23F4N5O2. The maximum atomic E-state index is 14.8. The quantitative estimate of drug-likeness (QED) is 0.675. The first-order chi connectivity index (χ1) is 15.7. The zero-order valence-corrected chi connectivity index (χ0v) is 17.7. The van der Waals surface area contributed by atoms with Crippen LogP contribution in [0.5, 0.6) is 0 Å². The molecule has 33 heavy (non-hydrogen) atoms. The number of fused-ring (bicyclic) bond motifs is 1. The lowest BCUT2D eigenvalue weighted by atomic mass is 9.94. The summed E-state index contributed by atoms with van der Waals surface area (Å²) in [6.07, 6.45) is -6.44. The summed E-state index contributed by atoms with van der Waals surface area (Å²) in [7, 11) is 0. The van der Waals surface area contributed by atoms with Crippen molar-refractivity contribution in [2.24, 2.45) is 0 Å². The second-order valence-electron chi connectivity index (χ2n) is 8.32. The Labute approximate surface area is 187 Å². The number of nitrogens with zero attached hydrogens (tertiary/aromatic N) is 3. The van der Waals surface area contributed by atoms with Gasteiger partial charge in [0.2, 0.25) is 0 Å². The molecule has 7 nitrogen and oxygen atoms in total. The molecule has 0 spiro atoms. The van der Waals surface area contributed by atoms with Gasteiger partial charge in [0.25, 0.3) is 5.91 Å². The number of benzene rings is 1. The Kier molecular flexibility index (Phi) is 6.41. The van der Waals surface area contributed by atoms with Crippen LogP contribution in [0, 0.1) is 11.3 Å². The smallest absolute Gasteiger partial charge is 0.365 e.